The second-order valence-corrected chi connectivity index (χ2v) is 7.65. The van der Waals surface area contributed by atoms with Crippen molar-refractivity contribution in [2.24, 2.45) is 5.10 Å². The van der Waals surface area contributed by atoms with Gasteiger partial charge in [-0.15, -0.1) is 11.3 Å². The highest BCUT2D eigenvalue weighted by Crippen LogP contribution is 2.39. The lowest BCUT2D eigenvalue weighted by Crippen LogP contribution is -2.26. The van der Waals surface area contributed by atoms with Crippen molar-refractivity contribution >= 4 is 23.0 Å². The molecule has 3 aromatic rings. The molecule has 0 fully saturated rings. The van der Waals surface area contributed by atoms with Crippen LogP contribution in [-0.4, -0.2) is 38.0 Å². The highest BCUT2D eigenvalue weighted by atomic mass is 32.1. The molecule has 0 spiro atoms. The SMILES string of the molecule is COc1ccc(C2=NN(C(=O)c3cccs3)[C@H](c3ccccc3OC)C2)cc1OC. The minimum atomic E-state index is -0.265. The van der Waals surface area contributed by atoms with Gasteiger partial charge >= 0.3 is 0 Å². The number of ether oxygens (including phenoxy) is 3. The van der Waals surface area contributed by atoms with Crippen LogP contribution in [0.3, 0.4) is 0 Å². The largest absolute Gasteiger partial charge is 0.496 e. The number of nitrogens with zero attached hydrogens (tertiary/aromatic N) is 2. The molecule has 7 heteroatoms. The van der Waals surface area contributed by atoms with Crippen molar-refractivity contribution in [3.8, 4) is 17.2 Å². The fourth-order valence-corrected chi connectivity index (χ4v) is 4.24. The van der Waals surface area contributed by atoms with E-state index in [1.807, 2.05) is 60.0 Å². The number of carbonyl (C=O) groups is 1. The van der Waals surface area contributed by atoms with Crippen molar-refractivity contribution in [2.75, 3.05) is 21.3 Å². The first-order valence-corrected chi connectivity index (χ1v) is 10.3. The molecule has 1 atom stereocenters. The molecule has 2 aromatic carbocycles. The Morgan fingerprint density at radius 3 is 2.43 bits per heavy atom. The second kappa shape index (κ2) is 8.59. The average Bonchev–Trinajstić information content (AvgIpc) is 3.48. The molecule has 1 amide bonds. The first-order valence-electron chi connectivity index (χ1n) is 9.46. The summed E-state index contributed by atoms with van der Waals surface area (Å²) in [6.07, 6.45) is 0.562. The zero-order valence-electron chi connectivity index (χ0n) is 17.0. The van der Waals surface area contributed by atoms with Crippen LogP contribution in [0, 0.1) is 0 Å². The van der Waals surface area contributed by atoms with E-state index in [0.29, 0.717) is 22.8 Å². The fraction of sp³-hybridized carbons (Fsp3) is 0.217. The van der Waals surface area contributed by atoms with Crippen molar-refractivity contribution in [2.45, 2.75) is 12.5 Å². The molecule has 0 saturated heterocycles. The summed E-state index contributed by atoms with van der Waals surface area (Å²) in [7, 11) is 4.83. The zero-order chi connectivity index (χ0) is 21.1. The summed E-state index contributed by atoms with van der Waals surface area (Å²) in [4.78, 5) is 13.9. The third-order valence-corrected chi connectivity index (χ3v) is 5.92. The van der Waals surface area contributed by atoms with E-state index in [1.54, 1.807) is 26.3 Å². The topological polar surface area (TPSA) is 60.4 Å². The Morgan fingerprint density at radius 1 is 0.967 bits per heavy atom. The van der Waals surface area contributed by atoms with Crippen LogP contribution in [0.25, 0.3) is 0 Å². The van der Waals surface area contributed by atoms with Crippen molar-refractivity contribution in [1.29, 1.82) is 0 Å². The molecule has 1 aliphatic heterocycles. The lowest BCUT2D eigenvalue weighted by atomic mass is 9.97. The van der Waals surface area contributed by atoms with Gasteiger partial charge in [-0.05, 0) is 35.7 Å². The molecule has 1 aliphatic rings. The van der Waals surface area contributed by atoms with Gasteiger partial charge in [0.15, 0.2) is 11.5 Å². The van der Waals surface area contributed by atoms with Crippen LogP contribution in [0.2, 0.25) is 0 Å². The molecule has 0 saturated carbocycles. The maximum atomic E-state index is 13.2. The van der Waals surface area contributed by atoms with E-state index < -0.39 is 0 Å². The number of benzene rings is 2. The van der Waals surface area contributed by atoms with E-state index in [-0.39, 0.29) is 11.9 Å². The molecule has 30 heavy (non-hydrogen) atoms. The molecule has 154 valence electrons. The first-order chi connectivity index (χ1) is 14.7. The number of hydrazone groups is 1. The Hall–Kier alpha value is -3.32. The van der Waals surface area contributed by atoms with Crippen molar-refractivity contribution in [3.63, 3.8) is 0 Å². The minimum Gasteiger partial charge on any atom is -0.496 e. The number of methoxy groups -OCH3 is 3. The first kappa shape index (κ1) is 20.0. The molecule has 0 unspecified atom stereocenters. The summed E-state index contributed by atoms with van der Waals surface area (Å²) in [6.45, 7) is 0. The Balaban J connectivity index is 1.76. The van der Waals surface area contributed by atoms with E-state index in [4.69, 9.17) is 19.3 Å². The van der Waals surface area contributed by atoms with Gasteiger partial charge in [0.05, 0.1) is 38.0 Å². The summed E-state index contributed by atoms with van der Waals surface area (Å²) < 4.78 is 16.3. The van der Waals surface area contributed by atoms with Gasteiger partial charge in [0.2, 0.25) is 0 Å². The minimum absolute atomic E-state index is 0.128. The number of hydrogen-bond donors (Lipinski definition) is 0. The van der Waals surface area contributed by atoms with Crippen LogP contribution >= 0.6 is 11.3 Å². The molecule has 6 nitrogen and oxygen atoms in total. The number of amides is 1. The monoisotopic (exact) mass is 422 g/mol. The van der Waals surface area contributed by atoms with Crippen molar-refractivity contribution in [3.05, 3.63) is 76.0 Å². The Bertz CT molecular complexity index is 1080. The standard InChI is InChI=1S/C23H22N2O4S/c1-27-19-8-5-4-7-16(19)18-14-17(15-10-11-20(28-2)21(13-15)29-3)24-25(18)23(26)22-9-6-12-30-22/h4-13,18H,14H2,1-3H3/t18-/m0/s1. The van der Waals surface area contributed by atoms with Crippen LogP contribution in [0.15, 0.2) is 65.1 Å². The van der Waals surface area contributed by atoms with Crippen LogP contribution < -0.4 is 14.2 Å². The molecule has 2 heterocycles. The molecular weight excluding hydrogens is 400 g/mol. The number of thiophene rings is 1. The van der Waals surface area contributed by atoms with E-state index in [1.165, 1.54) is 11.3 Å². The van der Waals surface area contributed by atoms with Crippen LogP contribution in [0.1, 0.15) is 33.3 Å². The van der Waals surface area contributed by atoms with Gasteiger partial charge in [0.1, 0.15) is 5.75 Å². The van der Waals surface area contributed by atoms with Crippen molar-refractivity contribution < 1.29 is 19.0 Å². The Labute approximate surface area is 179 Å². The number of rotatable bonds is 6. The van der Waals surface area contributed by atoms with Gasteiger partial charge in [-0.25, -0.2) is 5.01 Å². The van der Waals surface area contributed by atoms with E-state index in [9.17, 15) is 4.79 Å². The summed E-state index contributed by atoms with van der Waals surface area (Å²) in [5.41, 5.74) is 2.61. The predicted molar refractivity (Wildman–Crippen MR) is 117 cm³/mol. The quantitative estimate of drug-likeness (QED) is 0.574. The Kier molecular flexibility index (Phi) is 5.72. The smallest absolute Gasteiger partial charge is 0.284 e. The van der Waals surface area contributed by atoms with Crippen LogP contribution in [0.4, 0.5) is 0 Å². The maximum absolute atomic E-state index is 13.2. The van der Waals surface area contributed by atoms with Crippen LogP contribution in [-0.2, 0) is 0 Å². The summed E-state index contributed by atoms with van der Waals surface area (Å²) in [5, 5.41) is 8.19. The lowest BCUT2D eigenvalue weighted by molar-refractivity contribution is 0.0714. The average molecular weight is 423 g/mol. The second-order valence-electron chi connectivity index (χ2n) is 6.71. The molecule has 4 rings (SSSR count). The molecule has 0 N–H and O–H groups in total. The van der Waals surface area contributed by atoms with Gasteiger partial charge < -0.3 is 14.2 Å². The van der Waals surface area contributed by atoms with Crippen molar-refractivity contribution in [1.82, 2.24) is 5.01 Å². The molecule has 1 aromatic heterocycles. The van der Waals surface area contributed by atoms with Gasteiger partial charge in [-0.1, -0.05) is 24.3 Å². The highest BCUT2D eigenvalue weighted by Gasteiger charge is 2.35. The van der Waals surface area contributed by atoms with Gasteiger partial charge in [-0.2, -0.15) is 5.10 Å². The third kappa shape index (κ3) is 3.64. The van der Waals surface area contributed by atoms with Gasteiger partial charge in [-0.3, -0.25) is 4.79 Å². The van der Waals surface area contributed by atoms with E-state index in [0.717, 1.165) is 22.6 Å². The molecule has 0 aliphatic carbocycles. The number of carbonyl (C=O) groups excluding carboxylic acids is 1. The molecule has 0 radical (unpaired) electrons. The summed E-state index contributed by atoms with van der Waals surface area (Å²) >= 11 is 1.40. The summed E-state index contributed by atoms with van der Waals surface area (Å²) in [6, 6.07) is 16.8. The van der Waals surface area contributed by atoms with Gasteiger partial charge in [0, 0.05) is 17.5 Å². The Morgan fingerprint density at radius 2 is 1.73 bits per heavy atom. The molecule has 0 bridgehead atoms. The number of para-hydroxylation sites is 1. The van der Waals surface area contributed by atoms with E-state index >= 15 is 0 Å². The summed E-state index contributed by atoms with van der Waals surface area (Å²) in [5.74, 6) is 1.87. The lowest BCUT2D eigenvalue weighted by Gasteiger charge is -2.23. The fourth-order valence-electron chi connectivity index (χ4n) is 3.59. The molecular formula is C23H22N2O4S. The third-order valence-electron chi connectivity index (χ3n) is 5.07. The van der Waals surface area contributed by atoms with Gasteiger partial charge in [0.25, 0.3) is 5.91 Å². The van der Waals surface area contributed by atoms with E-state index in [2.05, 4.69) is 0 Å². The zero-order valence-corrected chi connectivity index (χ0v) is 17.8. The predicted octanol–water partition coefficient (Wildman–Crippen LogP) is 4.77. The highest BCUT2D eigenvalue weighted by molar-refractivity contribution is 7.12. The number of hydrogen-bond acceptors (Lipinski definition) is 6. The normalized spacial score (nSPS) is 15.6. The van der Waals surface area contributed by atoms with Crippen LogP contribution in [0.5, 0.6) is 17.2 Å². The maximum Gasteiger partial charge on any atom is 0.284 e.